The lowest BCUT2D eigenvalue weighted by Gasteiger charge is -2.31. The maximum absolute atomic E-state index is 12.3. The van der Waals surface area contributed by atoms with Crippen molar-refractivity contribution in [2.24, 2.45) is 0 Å². The van der Waals surface area contributed by atoms with Gasteiger partial charge in [0.2, 0.25) is 5.91 Å². The number of amides is 1. The van der Waals surface area contributed by atoms with Crippen LogP contribution in [0.25, 0.3) is 0 Å². The van der Waals surface area contributed by atoms with Gasteiger partial charge in [0, 0.05) is 30.8 Å². The molecule has 1 aromatic carbocycles. The molecule has 0 radical (unpaired) electrons. The van der Waals surface area contributed by atoms with Crippen LogP contribution in [0.15, 0.2) is 18.2 Å². The van der Waals surface area contributed by atoms with E-state index in [1.165, 1.54) is 6.42 Å². The Bertz CT molecular complexity index is 550. The zero-order chi connectivity index (χ0) is 16.1. The van der Waals surface area contributed by atoms with Crippen molar-refractivity contribution in [2.75, 3.05) is 45.2 Å². The summed E-state index contributed by atoms with van der Waals surface area (Å²) in [6.07, 6.45) is 3.18. The number of ether oxygens (including phenoxy) is 2. The van der Waals surface area contributed by atoms with Gasteiger partial charge in [0.15, 0.2) is 11.5 Å². The molecule has 126 valence electrons. The molecule has 2 N–H and O–H groups in total. The van der Waals surface area contributed by atoms with Crippen molar-refractivity contribution >= 4 is 11.6 Å². The summed E-state index contributed by atoms with van der Waals surface area (Å²) in [5, 5.41) is 6.25. The van der Waals surface area contributed by atoms with Crippen molar-refractivity contribution < 1.29 is 14.3 Å². The smallest absolute Gasteiger partial charge is 0.238 e. The zero-order valence-electron chi connectivity index (χ0n) is 13.6. The topological polar surface area (TPSA) is 62.8 Å². The molecule has 23 heavy (non-hydrogen) atoms. The van der Waals surface area contributed by atoms with Crippen molar-refractivity contribution in [2.45, 2.75) is 25.3 Å². The summed E-state index contributed by atoms with van der Waals surface area (Å²) in [7, 11) is 1.98. The molecule has 2 heterocycles. The molecule has 6 nitrogen and oxygen atoms in total. The lowest BCUT2D eigenvalue weighted by Crippen LogP contribution is -2.46. The third-order valence-electron chi connectivity index (χ3n) is 4.31. The van der Waals surface area contributed by atoms with Crippen LogP contribution in [0.4, 0.5) is 5.69 Å². The number of nitrogens with one attached hydrogen (secondary N) is 2. The number of carbonyl (C=O) groups is 1. The summed E-state index contributed by atoms with van der Waals surface area (Å²) < 4.78 is 11.3. The van der Waals surface area contributed by atoms with Crippen LogP contribution in [0, 0.1) is 0 Å². The first-order chi connectivity index (χ1) is 11.2. The van der Waals surface area contributed by atoms with Gasteiger partial charge >= 0.3 is 0 Å². The predicted molar refractivity (Wildman–Crippen MR) is 89.2 cm³/mol. The van der Waals surface area contributed by atoms with E-state index < -0.39 is 0 Å². The number of hydrogen-bond acceptors (Lipinski definition) is 5. The Morgan fingerprint density at radius 2 is 2.09 bits per heavy atom. The predicted octanol–water partition coefficient (Wildman–Crippen LogP) is 1.47. The van der Waals surface area contributed by atoms with Crippen molar-refractivity contribution in [3.05, 3.63) is 18.2 Å². The highest BCUT2D eigenvalue weighted by atomic mass is 16.5. The van der Waals surface area contributed by atoms with Crippen LogP contribution in [-0.4, -0.2) is 56.7 Å². The number of rotatable bonds is 4. The Hall–Kier alpha value is -1.79. The Balaban J connectivity index is 1.56. The van der Waals surface area contributed by atoms with Crippen molar-refractivity contribution in [1.29, 1.82) is 0 Å². The molecule has 1 atom stereocenters. The number of hydrogen-bond donors (Lipinski definition) is 2. The quantitative estimate of drug-likeness (QED) is 0.880. The van der Waals surface area contributed by atoms with Crippen molar-refractivity contribution in [3.8, 4) is 11.5 Å². The van der Waals surface area contributed by atoms with E-state index in [2.05, 4.69) is 15.5 Å². The van der Waals surface area contributed by atoms with E-state index in [9.17, 15) is 4.79 Å². The average Bonchev–Trinajstić information content (AvgIpc) is 2.79. The highest BCUT2D eigenvalue weighted by Gasteiger charge is 2.20. The van der Waals surface area contributed by atoms with Gasteiger partial charge in [-0.05, 0) is 38.6 Å². The summed E-state index contributed by atoms with van der Waals surface area (Å²) in [5.74, 6) is 1.46. The largest absolute Gasteiger partial charge is 0.490 e. The van der Waals surface area contributed by atoms with Crippen LogP contribution in [0.3, 0.4) is 0 Å². The number of fused-ring (bicyclic) bond motifs is 1. The lowest BCUT2D eigenvalue weighted by molar-refractivity contribution is -0.117. The van der Waals surface area contributed by atoms with Crippen LogP contribution >= 0.6 is 0 Å². The van der Waals surface area contributed by atoms with E-state index >= 15 is 0 Å². The number of carbonyl (C=O) groups excluding carboxylic acids is 1. The molecule has 1 aromatic rings. The highest BCUT2D eigenvalue weighted by molar-refractivity contribution is 5.92. The lowest BCUT2D eigenvalue weighted by atomic mass is 10.1. The fourth-order valence-corrected chi connectivity index (χ4v) is 3.08. The summed E-state index contributed by atoms with van der Waals surface area (Å²) in [6.45, 7) is 3.63. The molecule has 1 fully saturated rings. The molecular weight excluding hydrogens is 294 g/mol. The molecular formula is C17H25N3O3. The first kappa shape index (κ1) is 16.1. The van der Waals surface area contributed by atoms with E-state index in [4.69, 9.17) is 9.47 Å². The van der Waals surface area contributed by atoms with E-state index in [0.29, 0.717) is 31.5 Å². The van der Waals surface area contributed by atoms with Crippen molar-refractivity contribution in [1.82, 2.24) is 10.2 Å². The number of likely N-dealkylation sites (N-methyl/N-ethyl adjacent to an activating group) is 1. The van der Waals surface area contributed by atoms with Gasteiger partial charge in [-0.3, -0.25) is 9.69 Å². The molecule has 2 aliphatic rings. The minimum absolute atomic E-state index is 0.0104. The maximum Gasteiger partial charge on any atom is 0.238 e. The van der Waals surface area contributed by atoms with Crippen LogP contribution in [0.2, 0.25) is 0 Å². The summed E-state index contributed by atoms with van der Waals surface area (Å²) in [5.41, 5.74) is 0.751. The molecule has 1 amide bonds. The Kier molecular flexibility index (Phi) is 5.35. The van der Waals surface area contributed by atoms with Gasteiger partial charge in [0.1, 0.15) is 0 Å². The SMILES string of the molecule is CNC1CCCN(CC(=O)Nc2ccc3c(c2)OCCCO3)C1. The van der Waals surface area contributed by atoms with E-state index in [-0.39, 0.29) is 5.91 Å². The summed E-state index contributed by atoms with van der Waals surface area (Å²) in [6, 6.07) is 6.03. The number of likely N-dealkylation sites (tertiary alicyclic amines) is 1. The van der Waals surface area contributed by atoms with E-state index in [1.54, 1.807) is 0 Å². The molecule has 6 heteroatoms. The number of piperidine rings is 1. The van der Waals surface area contributed by atoms with Crippen LogP contribution in [-0.2, 0) is 4.79 Å². The van der Waals surface area contributed by atoms with Crippen LogP contribution < -0.4 is 20.1 Å². The average molecular weight is 319 g/mol. The molecule has 1 unspecified atom stereocenters. The fourth-order valence-electron chi connectivity index (χ4n) is 3.08. The van der Waals surface area contributed by atoms with Gasteiger partial charge in [0.05, 0.1) is 19.8 Å². The van der Waals surface area contributed by atoms with Gasteiger partial charge in [-0.1, -0.05) is 0 Å². The van der Waals surface area contributed by atoms with Gasteiger partial charge in [0.25, 0.3) is 0 Å². The Labute approximate surface area is 137 Å². The second-order valence-corrected chi connectivity index (χ2v) is 6.12. The van der Waals surface area contributed by atoms with Crippen LogP contribution in [0.1, 0.15) is 19.3 Å². The second kappa shape index (κ2) is 7.66. The molecule has 1 saturated heterocycles. The zero-order valence-corrected chi connectivity index (χ0v) is 13.6. The maximum atomic E-state index is 12.3. The number of nitrogens with zero attached hydrogens (tertiary/aromatic N) is 1. The molecule has 0 aliphatic carbocycles. The summed E-state index contributed by atoms with van der Waals surface area (Å²) >= 11 is 0. The minimum Gasteiger partial charge on any atom is -0.490 e. The molecule has 3 rings (SSSR count). The third kappa shape index (κ3) is 4.36. The van der Waals surface area contributed by atoms with E-state index in [0.717, 1.165) is 37.4 Å². The van der Waals surface area contributed by atoms with Gasteiger partial charge in [-0.2, -0.15) is 0 Å². The Morgan fingerprint density at radius 3 is 2.91 bits per heavy atom. The van der Waals surface area contributed by atoms with Crippen molar-refractivity contribution in [3.63, 3.8) is 0 Å². The number of anilines is 1. The fraction of sp³-hybridized carbons (Fsp3) is 0.588. The Morgan fingerprint density at radius 1 is 1.26 bits per heavy atom. The molecule has 0 bridgehead atoms. The normalized spacial score (nSPS) is 21.5. The molecule has 0 aromatic heterocycles. The summed E-state index contributed by atoms with van der Waals surface area (Å²) in [4.78, 5) is 14.5. The van der Waals surface area contributed by atoms with Crippen LogP contribution in [0.5, 0.6) is 11.5 Å². The monoisotopic (exact) mass is 319 g/mol. The van der Waals surface area contributed by atoms with E-state index in [1.807, 2.05) is 25.2 Å². The first-order valence-electron chi connectivity index (χ1n) is 8.34. The second-order valence-electron chi connectivity index (χ2n) is 6.12. The number of benzene rings is 1. The minimum atomic E-state index is 0.0104. The highest BCUT2D eigenvalue weighted by Crippen LogP contribution is 2.32. The molecule has 0 spiro atoms. The molecule has 0 saturated carbocycles. The first-order valence-corrected chi connectivity index (χ1v) is 8.34. The standard InChI is InChI=1S/C17H25N3O3/c1-18-14-4-2-7-20(11-14)12-17(21)19-13-5-6-15-16(10-13)23-9-3-8-22-15/h5-6,10,14,18H,2-4,7-9,11-12H2,1H3,(H,19,21). The molecule has 2 aliphatic heterocycles. The van der Waals surface area contributed by atoms with Gasteiger partial charge < -0.3 is 20.1 Å². The van der Waals surface area contributed by atoms with Gasteiger partial charge in [-0.15, -0.1) is 0 Å². The van der Waals surface area contributed by atoms with Gasteiger partial charge in [-0.25, -0.2) is 0 Å². The third-order valence-corrected chi connectivity index (χ3v) is 4.31.